The SMILES string of the molecule is CC(C)O[Si](C)(C)/C=C(\[Si](C)(C)C)[Si](C)(c1ccccc1)c1ccccc1. The van der Waals surface area contributed by atoms with Crippen LogP contribution in [0.3, 0.4) is 0 Å². The molecule has 27 heavy (non-hydrogen) atoms. The van der Waals surface area contributed by atoms with Crippen LogP contribution < -0.4 is 10.4 Å². The highest BCUT2D eigenvalue weighted by molar-refractivity contribution is 7.18. The van der Waals surface area contributed by atoms with Crippen molar-refractivity contribution in [3.63, 3.8) is 0 Å². The van der Waals surface area contributed by atoms with Crippen molar-refractivity contribution in [2.75, 3.05) is 0 Å². The average Bonchev–Trinajstić information content (AvgIpc) is 2.59. The summed E-state index contributed by atoms with van der Waals surface area (Å²) >= 11 is 0. The first kappa shape index (κ1) is 22.1. The topological polar surface area (TPSA) is 9.23 Å². The highest BCUT2D eigenvalue weighted by atomic mass is 28.4. The minimum atomic E-state index is -2.05. The molecule has 0 spiro atoms. The molecule has 4 heteroatoms. The van der Waals surface area contributed by atoms with Crippen LogP contribution in [0.25, 0.3) is 0 Å². The van der Waals surface area contributed by atoms with E-state index in [1.54, 1.807) is 4.82 Å². The van der Waals surface area contributed by atoms with E-state index in [1.165, 1.54) is 10.4 Å². The van der Waals surface area contributed by atoms with Gasteiger partial charge in [0.1, 0.15) is 8.07 Å². The highest BCUT2D eigenvalue weighted by Crippen LogP contribution is 2.28. The molecule has 0 saturated heterocycles. The Bertz CT molecular complexity index is 720. The molecule has 0 N–H and O–H groups in total. The Hall–Kier alpha value is -1.21. The molecule has 2 rings (SSSR count). The summed E-state index contributed by atoms with van der Waals surface area (Å²) in [6, 6.07) is 22.4. The van der Waals surface area contributed by atoms with E-state index >= 15 is 0 Å². The van der Waals surface area contributed by atoms with Gasteiger partial charge in [-0.15, -0.1) is 0 Å². The van der Waals surface area contributed by atoms with Crippen molar-refractivity contribution in [3.8, 4) is 0 Å². The van der Waals surface area contributed by atoms with Crippen molar-refractivity contribution in [1.82, 2.24) is 0 Å². The summed E-state index contributed by atoms with van der Waals surface area (Å²) < 4.78 is 6.44. The van der Waals surface area contributed by atoms with Crippen molar-refractivity contribution in [2.45, 2.75) is 59.2 Å². The van der Waals surface area contributed by atoms with E-state index < -0.39 is 24.5 Å². The van der Waals surface area contributed by atoms with Crippen molar-refractivity contribution in [1.29, 1.82) is 0 Å². The van der Waals surface area contributed by atoms with Gasteiger partial charge < -0.3 is 4.43 Å². The third-order valence-corrected chi connectivity index (χ3v) is 17.4. The van der Waals surface area contributed by atoms with Gasteiger partial charge in [0.15, 0.2) is 0 Å². The fraction of sp³-hybridized carbons (Fsp3) is 0.391. The largest absolute Gasteiger partial charge is 0.411 e. The number of hydrogen-bond acceptors (Lipinski definition) is 1. The van der Waals surface area contributed by atoms with Gasteiger partial charge in [-0.2, -0.15) is 0 Å². The van der Waals surface area contributed by atoms with Crippen LogP contribution in [-0.4, -0.2) is 30.6 Å². The molecule has 2 aromatic carbocycles. The Morgan fingerprint density at radius 2 is 1.15 bits per heavy atom. The lowest BCUT2D eigenvalue weighted by Gasteiger charge is -2.40. The molecular weight excluding hydrogens is 377 g/mol. The summed E-state index contributed by atoms with van der Waals surface area (Å²) in [5.74, 6) is 0. The number of benzene rings is 2. The molecule has 2 aromatic rings. The minimum Gasteiger partial charge on any atom is -0.411 e. The first-order chi connectivity index (χ1) is 12.5. The predicted molar refractivity (Wildman–Crippen MR) is 129 cm³/mol. The molecule has 0 saturated carbocycles. The van der Waals surface area contributed by atoms with Gasteiger partial charge in [0.05, 0.1) is 8.07 Å². The molecule has 0 unspecified atom stereocenters. The molecule has 0 aliphatic carbocycles. The zero-order valence-electron chi connectivity index (χ0n) is 18.3. The normalized spacial score (nSPS) is 13.9. The summed E-state index contributed by atoms with van der Waals surface area (Å²) in [5, 5.41) is 3.00. The molecule has 0 aliphatic heterocycles. The van der Waals surface area contributed by atoms with Crippen molar-refractivity contribution < 1.29 is 4.43 Å². The molecule has 0 atom stereocenters. The quantitative estimate of drug-likeness (QED) is 0.554. The lowest BCUT2D eigenvalue weighted by Crippen LogP contribution is -2.62. The maximum atomic E-state index is 6.44. The van der Waals surface area contributed by atoms with Crippen molar-refractivity contribution in [2.24, 2.45) is 0 Å². The van der Waals surface area contributed by atoms with E-state index in [0.29, 0.717) is 0 Å². The molecule has 146 valence electrons. The molecule has 0 heterocycles. The first-order valence-corrected chi connectivity index (χ1v) is 19.0. The summed E-state index contributed by atoms with van der Waals surface area (Å²) in [6.45, 7) is 19.0. The van der Waals surface area contributed by atoms with Crippen LogP contribution in [0.15, 0.2) is 71.2 Å². The van der Waals surface area contributed by atoms with Crippen molar-refractivity contribution >= 4 is 34.8 Å². The van der Waals surface area contributed by atoms with E-state index in [9.17, 15) is 0 Å². The van der Waals surface area contributed by atoms with Crippen LogP contribution in [0.1, 0.15) is 13.8 Å². The molecule has 0 bridgehead atoms. The van der Waals surface area contributed by atoms with E-state index in [0.717, 1.165) is 0 Å². The smallest absolute Gasteiger partial charge is 0.210 e. The average molecular weight is 413 g/mol. The maximum Gasteiger partial charge on any atom is 0.210 e. The minimum absolute atomic E-state index is 0.271. The Kier molecular flexibility index (Phi) is 6.90. The highest BCUT2D eigenvalue weighted by Gasteiger charge is 2.43. The maximum absolute atomic E-state index is 6.44. The molecule has 0 amide bonds. The van der Waals surface area contributed by atoms with Gasteiger partial charge in [0, 0.05) is 6.10 Å². The number of rotatable bonds is 7. The summed E-state index contributed by atoms with van der Waals surface area (Å²) in [7, 11) is -5.53. The van der Waals surface area contributed by atoms with Crippen LogP contribution in [0, 0.1) is 0 Å². The Morgan fingerprint density at radius 1 is 0.741 bits per heavy atom. The van der Waals surface area contributed by atoms with Gasteiger partial charge in [0.25, 0.3) is 0 Å². The Balaban J connectivity index is 2.77. The summed E-state index contributed by atoms with van der Waals surface area (Å²) in [4.78, 5) is 1.71. The van der Waals surface area contributed by atoms with Gasteiger partial charge in [-0.1, -0.05) is 108 Å². The molecule has 0 radical (unpaired) electrons. The fourth-order valence-electron chi connectivity index (χ4n) is 4.12. The second-order valence-electron chi connectivity index (χ2n) is 9.44. The van der Waals surface area contributed by atoms with Gasteiger partial charge >= 0.3 is 0 Å². The third kappa shape index (κ3) is 5.41. The molecule has 1 nitrogen and oxygen atoms in total. The second kappa shape index (κ2) is 8.43. The van der Waals surface area contributed by atoms with Crippen LogP contribution >= 0.6 is 0 Å². The van der Waals surface area contributed by atoms with E-state index in [2.05, 4.69) is 119 Å². The second-order valence-corrected chi connectivity index (χ2v) is 22.6. The predicted octanol–water partition coefficient (Wildman–Crippen LogP) is 5.39. The molecule has 0 aromatic heterocycles. The molecule has 0 aliphatic rings. The van der Waals surface area contributed by atoms with Gasteiger partial charge in [-0.25, -0.2) is 0 Å². The third-order valence-electron chi connectivity index (χ3n) is 5.08. The van der Waals surface area contributed by atoms with Crippen LogP contribution in [0.4, 0.5) is 0 Å². The van der Waals surface area contributed by atoms with Gasteiger partial charge in [-0.3, -0.25) is 0 Å². The zero-order chi connectivity index (χ0) is 20.3. The Morgan fingerprint density at radius 3 is 1.48 bits per heavy atom. The first-order valence-electron chi connectivity index (χ1n) is 9.99. The number of hydrogen-bond donors (Lipinski definition) is 0. The van der Waals surface area contributed by atoms with Crippen LogP contribution in [0.5, 0.6) is 0 Å². The Labute approximate surface area is 169 Å². The van der Waals surface area contributed by atoms with Crippen LogP contribution in [0.2, 0.25) is 39.3 Å². The lowest BCUT2D eigenvalue weighted by molar-refractivity contribution is 0.238. The fourth-order valence-corrected chi connectivity index (χ4v) is 20.6. The zero-order valence-corrected chi connectivity index (χ0v) is 21.3. The molecular formula is C23H36OSi3. The summed E-state index contributed by atoms with van der Waals surface area (Å²) in [6.07, 6.45) is 0.271. The van der Waals surface area contributed by atoms with E-state index in [1.807, 2.05) is 0 Å². The molecule has 0 fully saturated rings. The van der Waals surface area contributed by atoms with Gasteiger partial charge in [-0.05, 0) is 26.9 Å². The lowest BCUT2D eigenvalue weighted by atomic mass is 10.4. The standard InChI is InChI=1S/C23H36OSi3/c1-20(2)24-26(6,7)19-23(25(3,4)5)27(8,21-15-11-9-12-16-21)22-17-13-10-14-18-22/h9-20H,1-8H3/b23-19+. The monoisotopic (exact) mass is 412 g/mol. The van der Waals surface area contributed by atoms with E-state index in [4.69, 9.17) is 4.43 Å². The summed E-state index contributed by atoms with van der Waals surface area (Å²) in [5.41, 5.74) is 2.62. The van der Waals surface area contributed by atoms with Crippen LogP contribution in [-0.2, 0) is 4.43 Å². The van der Waals surface area contributed by atoms with Gasteiger partial charge in [0.2, 0.25) is 8.32 Å². The van der Waals surface area contributed by atoms with Crippen molar-refractivity contribution in [3.05, 3.63) is 71.2 Å². The van der Waals surface area contributed by atoms with E-state index in [-0.39, 0.29) is 6.10 Å².